The first kappa shape index (κ1) is 141. The van der Waals surface area contributed by atoms with E-state index in [0.717, 1.165) is 0 Å². The highest BCUT2D eigenvalue weighted by Gasteiger charge is 2.72. The summed E-state index contributed by atoms with van der Waals surface area (Å²) in [6.45, 7) is 33.1. The fourth-order valence-corrected chi connectivity index (χ4v) is 86.9. The summed E-state index contributed by atoms with van der Waals surface area (Å²) in [5.74, 6) is 0. The Bertz CT molecular complexity index is 2960. The molecule has 0 amide bonds. The second-order valence-corrected chi connectivity index (χ2v) is 76.4. The average molecular weight is 2280 g/mol. The van der Waals surface area contributed by atoms with Gasteiger partial charge >= 0.3 is 132 Å². The van der Waals surface area contributed by atoms with Crippen molar-refractivity contribution in [3.05, 3.63) is 0 Å². The highest BCUT2D eigenvalue weighted by atomic mass is 28.6. The van der Waals surface area contributed by atoms with E-state index in [-0.39, 0.29) is 333 Å². The van der Waals surface area contributed by atoms with Crippen LogP contribution >= 0.6 is 0 Å². The molecule has 30 N–H and O–H groups in total. The van der Waals surface area contributed by atoms with Crippen LogP contribution in [0.2, 0.25) is 90.7 Å². The molecule has 0 saturated heterocycles. The molecule has 0 fully saturated rings. The molecule has 0 bridgehead atoms. The Morgan fingerprint density at radius 1 is 0.136 bits per heavy atom. The minimum absolute atomic E-state index is 0.00164. The van der Waals surface area contributed by atoms with Gasteiger partial charge in [-0.2, -0.15) is 0 Å². The fraction of sp³-hybridized carbons (Fsp3) is 0.975. The van der Waals surface area contributed by atoms with Gasteiger partial charge in [0.1, 0.15) is 0 Å². The van der Waals surface area contributed by atoms with E-state index in [1.165, 1.54) is 0 Å². The van der Waals surface area contributed by atoms with Crippen molar-refractivity contribution in [3.8, 4) is 12.5 Å². The van der Waals surface area contributed by atoms with Crippen LogP contribution in [0.1, 0.15) is 207 Å². The van der Waals surface area contributed by atoms with Crippen molar-refractivity contribution in [2.75, 3.05) is 204 Å². The van der Waals surface area contributed by atoms with E-state index in [4.69, 9.17) is 225 Å². The molecule has 0 heterocycles. The largest absolute Gasteiger partial charge is 0.567 e. The lowest BCUT2D eigenvalue weighted by Gasteiger charge is -2.49. The molecule has 0 aliphatic heterocycles. The molecule has 0 aliphatic rings. The van der Waals surface area contributed by atoms with E-state index >= 15 is 0 Å². The lowest BCUT2D eigenvalue weighted by Crippen LogP contribution is -2.72. The zero-order valence-corrected chi connectivity index (χ0v) is 104. The number of rotatable bonds is 106. The smallest absolute Gasteiger partial charge is 0.451 e. The molecule has 14 unspecified atom stereocenters. The van der Waals surface area contributed by atoms with Crippen LogP contribution in [0.15, 0.2) is 0 Å². The van der Waals surface area contributed by atoms with Gasteiger partial charge in [0.05, 0.1) is 6.11 Å². The first-order chi connectivity index (χ1) is 67.3. The molecule has 0 saturated carbocycles. The first-order valence-corrected chi connectivity index (χ1v) is 81.0. The van der Waals surface area contributed by atoms with Crippen LogP contribution in [0.4, 0.5) is 0 Å². The van der Waals surface area contributed by atoms with Gasteiger partial charge in [0.15, 0.2) is 0 Å². The van der Waals surface area contributed by atoms with E-state index in [9.17, 15) is 0 Å². The van der Waals surface area contributed by atoms with Crippen molar-refractivity contribution in [1.82, 2.24) is 0 Å². The maximum absolute atomic E-state index is 8.13. The standard InChI is InChI=1S/C79H201N15O31Si15/c1-18-95-126(96-19-2,65-35-50-80)112-128(99-22-5,67-37-52-82)114-130(101-24-7,69-39-54-84)116-132(103-26-9,71-41-56-86)118-134(105-28-11,73-43-58-88)120-136(107-30-13,75-45-60-90)122-138(109-32-15,77-47-62-92)124-140(111-34-17,79-49-64-94)125-139(110-33-16,78-48-63-93)123-137(108-31-14,76-46-61-91)121-135(106-29-12,74-44-59-89)119-133(104-27-10,72-42-57-87)117-131(102-25-8,70-40-55-85)115-129(100-23-6,68-38-53-83)113-127(97-20-3,98-21-4)66-36-51-81/h1H,19-94H2,2-17H3. The predicted octanol–water partition coefficient (Wildman–Crippen LogP) is 5.73. The van der Waals surface area contributed by atoms with Crippen LogP contribution in [-0.4, -0.2) is 336 Å². The van der Waals surface area contributed by atoms with Crippen LogP contribution in [0.3, 0.4) is 0 Å². The van der Waals surface area contributed by atoms with Crippen LogP contribution in [0, 0.1) is 12.5 Å². The maximum Gasteiger partial charge on any atom is 0.567 e. The molecule has 14 atom stereocenters. The zero-order valence-electron chi connectivity index (χ0n) is 89.0. The van der Waals surface area contributed by atoms with E-state index < -0.39 is 132 Å². The summed E-state index contributed by atoms with van der Waals surface area (Å²) in [6.07, 6.45) is 13.1. The SMILES string of the molecule is C#CO[Si](CCCN)(OCC)O[Si](CCCN)(OCC)O[Si](CCCN)(OCC)O[Si](CCCN)(OCC)O[Si](CCCN)(OCC)O[Si](CCCN)(OCC)O[Si](CCCN)(OCC)O[Si](CCCN)(OCC)O[Si](CCCN)(OCC)O[Si](CCCN)(OCC)O[Si](CCCN)(OCC)O[Si](CCCN)(OCC)O[Si](CCCN)(OCC)O[Si](CCCN)(OCC)O[Si](CCCN)(OCC)OCC. The van der Waals surface area contributed by atoms with Gasteiger partial charge in [-0.25, -0.2) is 0 Å². The number of nitrogens with two attached hydrogens (primary N) is 15. The molecule has 0 radical (unpaired) electrons. The topological polar surface area (TPSA) is 676 Å². The van der Waals surface area contributed by atoms with Gasteiger partial charge < -0.3 is 219 Å². The third kappa shape index (κ3) is 50.8. The van der Waals surface area contributed by atoms with Crippen molar-refractivity contribution in [3.63, 3.8) is 0 Å². The maximum atomic E-state index is 8.13. The molecule has 0 aromatic heterocycles. The van der Waals surface area contributed by atoms with Crippen LogP contribution in [0.5, 0.6) is 0 Å². The Morgan fingerprint density at radius 3 is 0.314 bits per heavy atom. The van der Waals surface area contributed by atoms with E-state index in [0.29, 0.717) is 57.5 Å². The summed E-state index contributed by atoms with van der Waals surface area (Å²) in [7, 11) is -67.4. The number of terminal acetylenes is 1. The van der Waals surface area contributed by atoms with Gasteiger partial charge in [0.2, 0.25) is 0 Å². The summed E-state index contributed by atoms with van der Waals surface area (Å²) in [5, 5.41) is 0. The van der Waals surface area contributed by atoms with Gasteiger partial charge in [-0.15, -0.1) is 0 Å². The Balaban J connectivity index is 10.7. The predicted molar refractivity (Wildman–Crippen MR) is 575 cm³/mol. The Labute approximate surface area is 859 Å². The molecule has 838 valence electrons. The molecule has 0 aromatic carbocycles. The summed E-state index contributed by atoms with van der Waals surface area (Å²) >= 11 is 0. The minimum Gasteiger partial charge on any atom is -0.451 e. The second kappa shape index (κ2) is 79.7. The van der Waals surface area contributed by atoms with Gasteiger partial charge in [0, 0.05) is 196 Å². The van der Waals surface area contributed by atoms with Crippen LogP contribution in [0.25, 0.3) is 0 Å². The molecule has 0 aromatic rings. The van der Waals surface area contributed by atoms with E-state index in [1.807, 2.05) is 111 Å². The molecule has 61 heteroatoms. The summed E-state index contributed by atoms with van der Waals surface area (Å²) < 4.78 is 230. The van der Waals surface area contributed by atoms with Crippen molar-refractivity contribution in [2.24, 2.45) is 86.0 Å². The third-order valence-corrected chi connectivity index (χ3v) is 82.1. The van der Waals surface area contributed by atoms with Gasteiger partial charge in [0.25, 0.3) is 0 Å². The second-order valence-electron chi connectivity index (χ2n) is 32.2. The van der Waals surface area contributed by atoms with E-state index in [2.05, 4.69) is 6.11 Å². The van der Waals surface area contributed by atoms with Crippen LogP contribution in [-0.2, 0) is 133 Å². The Hall–Kier alpha value is 0.813. The summed E-state index contributed by atoms with van der Waals surface area (Å²) in [6, 6.07) is 1.39. The number of hydrogen-bond donors (Lipinski definition) is 15. The lowest BCUT2D eigenvalue weighted by atomic mass is 10.5. The van der Waals surface area contributed by atoms with Crippen molar-refractivity contribution in [2.45, 2.75) is 298 Å². The molecular formula is C79H201N15O31Si15. The molecule has 0 rings (SSSR count). The molecular weight excluding hydrogens is 2080 g/mol. The zero-order chi connectivity index (χ0) is 105. The van der Waals surface area contributed by atoms with Crippen LogP contribution < -0.4 is 86.0 Å². The third-order valence-electron chi connectivity index (χ3n) is 20.7. The summed E-state index contributed by atoms with van der Waals surface area (Å²) in [5.41, 5.74) is 98.6. The number of hydrogen-bond acceptors (Lipinski definition) is 46. The average Bonchev–Trinajstić information content (AvgIpc) is 0.764. The van der Waals surface area contributed by atoms with E-state index in [1.54, 1.807) is 0 Å². The monoisotopic (exact) mass is 2280 g/mol. The van der Waals surface area contributed by atoms with Gasteiger partial charge in [-0.1, -0.05) is 6.42 Å². The quantitative estimate of drug-likeness (QED) is 0.0255. The van der Waals surface area contributed by atoms with Gasteiger partial charge in [-0.05, 0) is 305 Å². The highest BCUT2D eigenvalue weighted by Crippen LogP contribution is 2.46. The lowest BCUT2D eigenvalue weighted by molar-refractivity contribution is 0.0265. The minimum atomic E-state index is -4.76. The first-order valence-electron chi connectivity index (χ1n) is 52.0. The van der Waals surface area contributed by atoms with Crippen molar-refractivity contribution < 1.29 is 133 Å². The Kier molecular flexibility index (Phi) is 80.2. The Morgan fingerprint density at radius 2 is 0.214 bits per heavy atom. The molecule has 0 aliphatic carbocycles. The normalized spacial score (nSPS) is 18.5. The van der Waals surface area contributed by atoms with Crippen molar-refractivity contribution >= 4 is 132 Å². The van der Waals surface area contributed by atoms with Gasteiger partial charge in [-0.3, -0.25) is 0 Å². The fourth-order valence-electron chi connectivity index (χ4n) is 15.6. The molecule has 46 nitrogen and oxygen atoms in total. The molecule has 0 spiro atoms. The molecule has 140 heavy (non-hydrogen) atoms. The summed E-state index contributed by atoms with van der Waals surface area (Å²) in [4.78, 5) is 0. The van der Waals surface area contributed by atoms with Crippen molar-refractivity contribution in [1.29, 1.82) is 0 Å². The highest BCUT2D eigenvalue weighted by molar-refractivity contribution is 6.91.